The predicted molar refractivity (Wildman–Crippen MR) is 79.4 cm³/mol. The number of hydrogen-bond acceptors (Lipinski definition) is 5. The Kier molecular flexibility index (Phi) is 18.2. The van der Waals surface area contributed by atoms with Gasteiger partial charge in [-0.2, -0.15) is 0 Å². The second-order valence-electron chi connectivity index (χ2n) is 3.50. The normalized spacial score (nSPS) is 9.47. The topological polar surface area (TPSA) is 76.7 Å². The summed E-state index contributed by atoms with van der Waals surface area (Å²) in [5.41, 5.74) is 0. The molecule has 0 unspecified atom stereocenters. The van der Waals surface area contributed by atoms with Gasteiger partial charge in [-0.05, 0) is 13.5 Å². The zero-order valence-corrected chi connectivity index (χ0v) is 12.6. The minimum atomic E-state index is -0.0386. The van der Waals surface area contributed by atoms with Crippen molar-refractivity contribution in [3.05, 3.63) is 0 Å². The van der Waals surface area contributed by atoms with E-state index in [0.29, 0.717) is 32.9 Å². The van der Waals surface area contributed by atoms with Crippen LogP contribution >= 0.6 is 0 Å². The summed E-state index contributed by atoms with van der Waals surface area (Å²) in [6.07, 6.45) is 0. The minimum absolute atomic E-state index is 0. The highest BCUT2D eigenvalue weighted by Crippen LogP contribution is 1.79. The van der Waals surface area contributed by atoms with Gasteiger partial charge in [0.2, 0.25) is 5.91 Å². The lowest BCUT2D eigenvalue weighted by atomic mass is 10.5. The molecule has 0 aromatic rings. The number of amides is 1. The van der Waals surface area contributed by atoms with Crippen molar-refractivity contribution in [1.82, 2.24) is 10.6 Å². The van der Waals surface area contributed by atoms with Gasteiger partial charge in [0.15, 0.2) is 5.78 Å². The summed E-state index contributed by atoms with van der Waals surface area (Å²) in [6, 6.07) is 0. The largest absolute Gasteiger partial charge is 0.377 e. The Hall–Kier alpha value is -0.980. The number of likely N-dealkylation sites (N-methyl/N-ethyl adjacent to an activating group) is 1. The standard InChI is InChI=1S/C11H22N2O4.C2H6.2H2/c1-3-12-8-11(15)13-4-5-16-6-7-17-9-10(2)14;1-2;;/h12H,3-9H2,1-2H3,(H,13,15);1-2H3;2*1H. The van der Waals surface area contributed by atoms with Crippen molar-refractivity contribution >= 4 is 11.7 Å². The highest BCUT2D eigenvalue weighted by atomic mass is 16.5. The first-order valence-electron chi connectivity index (χ1n) is 6.79. The molecule has 19 heavy (non-hydrogen) atoms. The molecule has 0 spiro atoms. The van der Waals surface area contributed by atoms with Crippen molar-refractivity contribution in [1.29, 1.82) is 0 Å². The predicted octanol–water partition coefficient (Wildman–Crippen LogP) is 0.853. The third-order valence-electron chi connectivity index (χ3n) is 1.78. The smallest absolute Gasteiger partial charge is 0.234 e. The highest BCUT2D eigenvalue weighted by Gasteiger charge is 1.98. The van der Waals surface area contributed by atoms with Crippen LogP contribution in [0.3, 0.4) is 0 Å². The number of rotatable bonds is 11. The van der Waals surface area contributed by atoms with Gasteiger partial charge in [-0.25, -0.2) is 0 Å². The van der Waals surface area contributed by atoms with Gasteiger partial charge in [0.05, 0.1) is 26.4 Å². The van der Waals surface area contributed by atoms with E-state index in [1.165, 1.54) is 6.92 Å². The van der Waals surface area contributed by atoms with E-state index in [-0.39, 0.29) is 21.2 Å². The number of ketones is 1. The Morgan fingerprint density at radius 3 is 2.32 bits per heavy atom. The molecule has 1 amide bonds. The first-order chi connectivity index (χ1) is 9.16. The SMILES string of the molecule is CC.CCNCC(=O)NCCOCCOCC(C)=O.[HH].[HH]. The third-order valence-corrected chi connectivity index (χ3v) is 1.78. The van der Waals surface area contributed by atoms with Crippen molar-refractivity contribution in [2.75, 3.05) is 46.1 Å². The molecular formula is C13H32N2O4. The van der Waals surface area contributed by atoms with Crippen LogP contribution in [0.2, 0.25) is 0 Å². The van der Waals surface area contributed by atoms with Crippen LogP contribution in [-0.2, 0) is 19.1 Å². The Labute approximate surface area is 119 Å². The fourth-order valence-electron chi connectivity index (χ4n) is 0.999. The van der Waals surface area contributed by atoms with Crippen LogP contribution in [0.5, 0.6) is 0 Å². The molecule has 0 aliphatic heterocycles. The zero-order chi connectivity index (χ0) is 14.9. The van der Waals surface area contributed by atoms with Gasteiger partial charge >= 0.3 is 0 Å². The molecule has 0 saturated carbocycles. The second-order valence-corrected chi connectivity index (χ2v) is 3.50. The molecule has 0 fully saturated rings. The van der Waals surface area contributed by atoms with Crippen molar-refractivity contribution in [3.63, 3.8) is 0 Å². The molecule has 118 valence electrons. The van der Waals surface area contributed by atoms with E-state index in [9.17, 15) is 9.59 Å². The lowest BCUT2D eigenvalue weighted by molar-refractivity contribution is -0.122. The molecule has 0 aliphatic rings. The van der Waals surface area contributed by atoms with Crippen LogP contribution < -0.4 is 10.6 Å². The van der Waals surface area contributed by atoms with Crippen LogP contribution in [0.4, 0.5) is 0 Å². The van der Waals surface area contributed by atoms with Crippen molar-refractivity contribution in [2.45, 2.75) is 27.7 Å². The second kappa shape index (κ2) is 17.0. The summed E-state index contributed by atoms with van der Waals surface area (Å²) in [4.78, 5) is 21.6. The molecule has 6 heteroatoms. The Balaban J connectivity index is -0.000000344. The van der Waals surface area contributed by atoms with Gasteiger partial charge in [0.25, 0.3) is 0 Å². The van der Waals surface area contributed by atoms with E-state index in [1.54, 1.807) is 0 Å². The van der Waals surface area contributed by atoms with E-state index in [1.807, 2.05) is 20.8 Å². The first kappa shape index (κ1) is 20.3. The van der Waals surface area contributed by atoms with Gasteiger partial charge < -0.3 is 20.1 Å². The molecule has 2 N–H and O–H groups in total. The average molecular weight is 280 g/mol. The monoisotopic (exact) mass is 280 g/mol. The van der Waals surface area contributed by atoms with E-state index in [2.05, 4.69) is 10.6 Å². The highest BCUT2D eigenvalue weighted by molar-refractivity contribution is 5.77. The molecule has 0 heterocycles. The number of carbonyl (C=O) groups excluding carboxylic acids is 2. The molecule has 0 rings (SSSR count). The third kappa shape index (κ3) is 19.5. The first-order valence-corrected chi connectivity index (χ1v) is 6.79. The van der Waals surface area contributed by atoms with E-state index >= 15 is 0 Å². The van der Waals surface area contributed by atoms with Crippen molar-refractivity contribution in [2.24, 2.45) is 0 Å². The van der Waals surface area contributed by atoms with Crippen LogP contribution in [0.1, 0.15) is 30.5 Å². The van der Waals surface area contributed by atoms with Crippen LogP contribution in [-0.4, -0.2) is 57.8 Å². The lowest BCUT2D eigenvalue weighted by Crippen LogP contribution is -2.35. The molecular weight excluding hydrogens is 248 g/mol. The van der Waals surface area contributed by atoms with Gasteiger partial charge in [-0.1, -0.05) is 20.8 Å². The van der Waals surface area contributed by atoms with E-state index < -0.39 is 0 Å². The van der Waals surface area contributed by atoms with E-state index in [0.717, 1.165) is 6.54 Å². The minimum Gasteiger partial charge on any atom is -0.377 e. The van der Waals surface area contributed by atoms with Crippen LogP contribution in [0, 0.1) is 0 Å². The number of nitrogens with one attached hydrogen (secondary N) is 2. The summed E-state index contributed by atoms with van der Waals surface area (Å²) in [6.45, 7) is 10.4. The Morgan fingerprint density at radius 2 is 1.74 bits per heavy atom. The van der Waals surface area contributed by atoms with Crippen molar-refractivity contribution < 1.29 is 21.9 Å². The lowest BCUT2D eigenvalue weighted by Gasteiger charge is -2.06. The molecule has 0 radical (unpaired) electrons. The molecule has 6 nitrogen and oxygen atoms in total. The maximum Gasteiger partial charge on any atom is 0.234 e. The Bertz CT molecular complexity index is 232. The number of carbonyl (C=O) groups is 2. The molecule has 0 bridgehead atoms. The van der Waals surface area contributed by atoms with Gasteiger partial charge in [-0.3, -0.25) is 9.59 Å². The molecule has 0 aromatic heterocycles. The summed E-state index contributed by atoms with van der Waals surface area (Å²) in [5.74, 6) is -0.0380. The summed E-state index contributed by atoms with van der Waals surface area (Å²) < 4.78 is 10.2. The summed E-state index contributed by atoms with van der Waals surface area (Å²) in [5, 5.41) is 5.63. The summed E-state index contributed by atoms with van der Waals surface area (Å²) in [7, 11) is 0. The molecule has 0 saturated heterocycles. The molecule has 0 atom stereocenters. The van der Waals surface area contributed by atoms with Crippen molar-refractivity contribution in [3.8, 4) is 0 Å². The number of Topliss-reactive ketones (excluding diaryl/α,β-unsaturated/α-hetero) is 1. The average Bonchev–Trinajstić information content (AvgIpc) is 2.41. The van der Waals surface area contributed by atoms with Gasteiger partial charge in [0, 0.05) is 9.40 Å². The molecule has 0 aliphatic carbocycles. The molecule has 0 aromatic carbocycles. The quantitative estimate of drug-likeness (QED) is 0.549. The fraction of sp³-hybridized carbons (Fsp3) is 0.846. The number of ether oxygens (including phenoxy) is 2. The van der Waals surface area contributed by atoms with E-state index in [4.69, 9.17) is 9.47 Å². The van der Waals surface area contributed by atoms with Crippen LogP contribution in [0.25, 0.3) is 0 Å². The maximum absolute atomic E-state index is 11.1. The number of hydrogen-bond donors (Lipinski definition) is 2. The van der Waals surface area contributed by atoms with Crippen LogP contribution in [0.15, 0.2) is 0 Å². The maximum atomic E-state index is 11.1. The fourth-order valence-corrected chi connectivity index (χ4v) is 0.999. The summed E-state index contributed by atoms with van der Waals surface area (Å²) >= 11 is 0. The zero-order valence-electron chi connectivity index (χ0n) is 12.6. The van der Waals surface area contributed by atoms with Gasteiger partial charge in [0.1, 0.15) is 6.61 Å². The Morgan fingerprint density at radius 1 is 1.11 bits per heavy atom. The van der Waals surface area contributed by atoms with Gasteiger partial charge in [-0.15, -0.1) is 0 Å².